The minimum absolute atomic E-state index is 0.178. The third kappa shape index (κ3) is 5.09. The number of fused-ring (bicyclic) bond motifs is 1. The van der Waals surface area contributed by atoms with Crippen LogP contribution in [0.25, 0.3) is 11.8 Å². The lowest BCUT2D eigenvalue weighted by atomic mass is 10.2. The molecule has 1 atom stereocenters. The van der Waals surface area contributed by atoms with Gasteiger partial charge in [-0.1, -0.05) is 6.07 Å². The Labute approximate surface area is 195 Å². The van der Waals surface area contributed by atoms with Crippen molar-refractivity contribution in [3.8, 4) is 17.2 Å². The Morgan fingerprint density at radius 1 is 1.18 bits per heavy atom. The standard InChI is InChI=1S/C25H24FN3O5/c1-15-21(16(2)29(28-15)20-7-5-19(26)6-8-20)9-11-24(30)34-17(3)25(31)27-13-18-4-10-22-23(12-18)33-14-32-22/h4-12,17H,13-14H2,1-3H3,(H,27,31)/b11-9+. The zero-order chi connectivity index (χ0) is 24.2. The largest absolute Gasteiger partial charge is 0.454 e. The number of halogens is 1. The Morgan fingerprint density at radius 2 is 1.91 bits per heavy atom. The van der Waals surface area contributed by atoms with Crippen molar-refractivity contribution in [2.24, 2.45) is 0 Å². The second-order valence-corrected chi connectivity index (χ2v) is 7.79. The van der Waals surface area contributed by atoms with Crippen molar-refractivity contribution in [2.45, 2.75) is 33.4 Å². The Morgan fingerprint density at radius 3 is 2.68 bits per heavy atom. The number of nitrogens with one attached hydrogen (secondary N) is 1. The zero-order valence-electron chi connectivity index (χ0n) is 19.0. The third-order valence-corrected chi connectivity index (χ3v) is 5.37. The molecule has 176 valence electrons. The zero-order valence-corrected chi connectivity index (χ0v) is 19.0. The number of carbonyl (C=O) groups excluding carboxylic acids is 2. The lowest BCUT2D eigenvalue weighted by molar-refractivity contribution is -0.150. The summed E-state index contributed by atoms with van der Waals surface area (Å²) in [6.07, 6.45) is 1.88. The number of esters is 1. The fourth-order valence-electron chi connectivity index (χ4n) is 3.53. The molecule has 2 heterocycles. The molecular formula is C25H24FN3O5. The number of rotatable bonds is 7. The maximum Gasteiger partial charge on any atom is 0.331 e. The van der Waals surface area contributed by atoms with Crippen LogP contribution in [0.3, 0.4) is 0 Å². The van der Waals surface area contributed by atoms with Gasteiger partial charge in [0, 0.05) is 23.9 Å². The quantitative estimate of drug-likeness (QED) is 0.423. The summed E-state index contributed by atoms with van der Waals surface area (Å²) in [4.78, 5) is 24.6. The average Bonchev–Trinajstić information content (AvgIpc) is 3.40. The molecule has 0 saturated carbocycles. The third-order valence-electron chi connectivity index (χ3n) is 5.37. The van der Waals surface area contributed by atoms with Gasteiger partial charge in [0.2, 0.25) is 6.79 Å². The first kappa shape index (κ1) is 23.0. The van der Waals surface area contributed by atoms with E-state index in [1.807, 2.05) is 19.9 Å². The van der Waals surface area contributed by atoms with Crippen LogP contribution < -0.4 is 14.8 Å². The van der Waals surface area contributed by atoms with Gasteiger partial charge >= 0.3 is 5.97 Å². The topological polar surface area (TPSA) is 91.7 Å². The van der Waals surface area contributed by atoms with Crippen LogP contribution >= 0.6 is 0 Å². The van der Waals surface area contributed by atoms with E-state index in [2.05, 4.69) is 10.4 Å². The highest BCUT2D eigenvalue weighted by Gasteiger charge is 2.18. The maximum atomic E-state index is 13.2. The van der Waals surface area contributed by atoms with Crippen molar-refractivity contribution >= 4 is 18.0 Å². The number of amides is 1. The molecule has 8 nitrogen and oxygen atoms in total. The summed E-state index contributed by atoms with van der Waals surface area (Å²) in [5.74, 6) is -0.111. The first-order chi connectivity index (χ1) is 16.3. The van der Waals surface area contributed by atoms with E-state index in [9.17, 15) is 14.0 Å². The molecule has 1 unspecified atom stereocenters. The number of carbonyl (C=O) groups is 2. The molecule has 1 aliphatic heterocycles. The highest BCUT2D eigenvalue weighted by Crippen LogP contribution is 2.32. The molecule has 9 heteroatoms. The molecule has 4 rings (SSSR count). The van der Waals surface area contributed by atoms with Gasteiger partial charge in [-0.2, -0.15) is 5.10 Å². The normalized spacial score (nSPS) is 13.2. The Bertz CT molecular complexity index is 1250. The number of benzene rings is 2. The minimum Gasteiger partial charge on any atom is -0.454 e. The fraction of sp³-hybridized carbons (Fsp3) is 0.240. The summed E-state index contributed by atoms with van der Waals surface area (Å²) >= 11 is 0. The molecule has 0 saturated heterocycles. The van der Waals surface area contributed by atoms with Gasteiger partial charge in [0.15, 0.2) is 17.6 Å². The molecule has 3 aromatic rings. The van der Waals surface area contributed by atoms with Crippen LogP contribution in [0.15, 0.2) is 48.5 Å². The summed E-state index contributed by atoms with van der Waals surface area (Å²) in [6, 6.07) is 11.4. The van der Waals surface area contributed by atoms with Gasteiger partial charge in [0.05, 0.1) is 11.4 Å². The summed E-state index contributed by atoms with van der Waals surface area (Å²) < 4.78 is 30.7. The van der Waals surface area contributed by atoms with Crippen molar-refractivity contribution in [3.63, 3.8) is 0 Å². The van der Waals surface area contributed by atoms with Gasteiger partial charge in [0.25, 0.3) is 5.91 Å². The molecule has 34 heavy (non-hydrogen) atoms. The summed E-state index contributed by atoms with van der Waals surface area (Å²) in [5, 5.41) is 7.20. The molecule has 1 N–H and O–H groups in total. The lowest BCUT2D eigenvalue weighted by Crippen LogP contribution is -2.35. The molecule has 1 amide bonds. The smallest absolute Gasteiger partial charge is 0.331 e. The van der Waals surface area contributed by atoms with E-state index in [1.54, 1.807) is 35.0 Å². The predicted molar refractivity (Wildman–Crippen MR) is 122 cm³/mol. The van der Waals surface area contributed by atoms with E-state index >= 15 is 0 Å². The SMILES string of the molecule is Cc1nn(-c2ccc(F)cc2)c(C)c1/C=C/C(=O)OC(C)C(=O)NCc1ccc2c(c1)OCO2. The van der Waals surface area contributed by atoms with Crippen LogP contribution in [0.1, 0.15) is 29.4 Å². The monoisotopic (exact) mass is 465 g/mol. The number of hydrogen-bond donors (Lipinski definition) is 1. The van der Waals surface area contributed by atoms with Gasteiger partial charge < -0.3 is 19.5 Å². The molecular weight excluding hydrogens is 441 g/mol. The molecule has 1 aromatic heterocycles. The number of ether oxygens (including phenoxy) is 3. The predicted octanol–water partition coefficient (Wildman–Crippen LogP) is 3.62. The molecule has 0 spiro atoms. The van der Waals surface area contributed by atoms with Crippen LogP contribution in [0.4, 0.5) is 4.39 Å². The van der Waals surface area contributed by atoms with Crippen molar-refractivity contribution in [2.75, 3.05) is 6.79 Å². The van der Waals surface area contributed by atoms with E-state index in [4.69, 9.17) is 14.2 Å². The number of nitrogens with zero attached hydrogens (tertiary/aromatic N) is 2. The van der Waals surface area contributed by atoms with Gasteiger partial charge in [0.1, 0.15) is 5.82 Å². The van der Waals surface area contributed by atoms with Gasteiger partial charge in [-0.15, -0.1) is 0 Å². The lowest BCUT2D eigenvalue weighted by Gasteiger charge is -2.12. The number of aryl methyl sites for hydroxylation is 1. The van der Waals surface area contributed by atoms with Crippen LogP contribution in [-0.2, 0) is 20.9 Å². The van der Waals surface area contributed by atoms with E-state index in [0.717, 1.165) is 16.8 Å². The highest BCUT2D eigenvalue weighted by molar-refractivity contribution is 5.90. The van der Waals surface area contributed by atoms with Crippen molar-refractivity contribution in [1.82, 2.24) is 15.1 Å². The average molecular weight is 465 g/mol. The fourth-order valence-corrected chi connectivity index (χ4v) is 3.53. The minimum atomic E-state index is -0.977. The van der Waals surface area contributed by atoms with Crippen LogP contribution in [0.5, 0.6) is 11.5 Å². The highest BCUT2D eigenvalue weighted by atomic mass is 19.1. The Hall–Kier alpha value is -4.14. The van der Waals surface area contributed by atoms with Gasteiger partial charge in [-0.05, 0) is 68.8 Å². The first-order valence-electron chi connectivity index (χ1n) is 10.7. The molecule has 0 bridgehead atoms. The van der Waals surface area contributed by atoms with Crippen LogP contribution in [0, 0.1) is 19.7 Å². The molecule has 1 aliphatic rings. The van der Waals surface area contributed by atoms with Crippen LogP contribution in [0.2, 0.25) is 0 Å². The van der Waals surface area contributed by atoms with E-state index in [0.29, 0.717) is 22.9 Å². The van der Waals surface area contributed by atoms with Crippen molar-refractivity contribution in [3.05, 3.63) is 76.9 Å². The Kier molecular flexibility index (Phi) is 6.62. The van der Waals surface area contributed by atoms with Crippen LogP contribution in [-0.4, -0.2) is 34.6 Å². The van der Waals surface area contributed by atoms with Gasteiger partial charge in [-0.25, -0.2) is 13.9 Å². The van der Waals surface area contributed by atoms with Crippen molar-refractivity contribution < 1.29 is 28.2 Å². The van der Waals surface area contributed by atoms with E-state index < -0.39 is 18.0 Å². The second-order valence-electron chi connectivity index (χ2n) is 7.79. The maximum absolute atomic E-state index is 13.2. The number of hydrogen-bond acceptors (Lipinski definition) is 6. The molecule has 2 aromatic carbocycles. The summed E-state index contributed by atoms with van der Waals surface area (Å²) in [6.45, 7) is 5.60. The second kappa shape index (κ2) is 9.78. The van der Waals surface area contributed by atoms with Gasteiger partial charge in [-0.3, -0.25) is 4.79 Å². The Balaban J connectivity index is 1.33. The first-order valence-corrected chi connectivity index (χ1v) is 10.7. The molecule has 0 fully saturated rings. The molecule has 0 radical (unpaired) electrons. The number of aromatic nitrogens is 2. The van der Waals surface area contributed by atoms with E-state index in [-0.39, 0.29) is 19.2 Å². The van der Waals surface area contributed by atoms with Crippen molar-refractivity contribution in [1.29, 1.82) is 0 Å². The molecule has 0 aliphatic carbocycles. The van der Waals surface area contributed by atoms with E-state index in [1.165, 1.54) is 25.1 Å². The summed E-state index contributed by atoms with van der Waals surface area (Å²) in [5.41, 5.74) is 3.75. The summed E-state index contributed by atoms with van der Waals surface area (Å²) in [7, 11) is 0.